The largest absolute Gasteiger partial charge is 0.481 e. The van der Waals surface area contributed by atoms with E-state index in [4.69, 9.17) is 23.2 Å². The molecule has 0 fully saturated rings. The van der Waals surface area contributed by atoms with Crippen LogP contribution in [0.15, 0.2) is 48.5 Å². The van der Waals surface area contributed by atoms with Gasteiger partial charge >= 0.3 is 5.97 Å². The molecule has 0 aliphatic carbocycles. The molecule has 0 saturated carbocycles. The van der Waals surface area contributed by atoms with Crippen LogP contribution in [0.3, 0.4) is 0 Å². The SMILES string of the molecule is O=C(O)C(CCc1cccc(Cl)c1Cl)c1ccccc1. The predicted molar refractivity (Wildman–Crippen MR) is 81.6 cm³/mol. The second-order valence-corrected chi connectivity index (χ2v) is 5.34. The third kappa shape index (κ3) is 3.53. The average Bonchev–Trinajstić information content (AvgIpc) is 2.44. The number of halogens is 2. The van der Waals surface area contributed by atoms with Gasteiger partial charge in [0.1, 0.15) is 0 Å². The fraction of sp³-hybridized carbons (Fsp3) is 0.188. The Morgan fingerprint density at radius 1 is 1.05 bits per heavy atom. The minimum atomic E-state index is -0.825. The third-order valence-electron chi connectivity index (χ3n) is 3.23. The predicted octanol–water partition coefficient (Wildman–Crippen LogP) is 4.79. The molecule has 1 N–H and O–H groups in total. The average molecular weight is 309 g/mol. The van der Waals surface area contributed by atoms with Gasteiger partial charge in [-0.2, -0.15) is 0 Å². The van der Waals surface area contributed by atoms with E-state index in [-0.39, 0.29) is 0 Å². The zero-order valence-corrected chi connectivity index (χ0v) is 12.2. The monoisotopic (exact) mass is 308 g/mol. The van der Waals surface area contributed by atoms with Crippen molar-refractivity contribution < 1.29 is 9.90 Å². The summed E-state index contributed by atoms with van der Waals surface area (Å²) in [6.45, 7) is 0. The molecule has 0 aromatic heterocycles. The van der Waals surface area contributed by atoms with Crippen LogP contribution in [0.25, 0.3) is 0 Å². The topological polar surface area (TPSA) is 37.3 Å². The Morgan fingerprint density at radius 3 is 2.40 bits per heavy atom. The van der Waals surface area contributed by atoms with Crippen LogP contribution in [0.4, 0.5) is 0 Å². The van der Waals surface area contributed by atoms with Gasteiger partial charge in [-0.05, 0) is 30.0 Å². The minimum Gasteiger partial charge on any atom is -0.481 e. The van der Waals surface area contributed by atoms with Crippen LogP contribution in [-0.4, -0.2) is 11.1 Å². The number of carboxylic acid groups (broad SMARTS) is 1. The molecule has 0 heterocycles. The Balaban J connectivity index is 2.14. The Kier molecular flexibility index (Phi) is 5.05. The van der Waals surface area contributed by atoms with Crippen molar-refractivity contribution in [2.24, 2.45) is 0 Å². The van der Waals surface area contributed by atoms with E-state index in [1.165, 1.54) is 0 Å². The first-order chi connectivity index (χ1) is 9.59. The van der Waals surface area contributed by atoms with Gasteiger partial charge in [-0.25, -0.2) is 0 Å². The molecule has 0 spiro atoms. The van der Waals surface area contributed by atoms with Gasteiger partial charge in [-0.3, -0.25) is 4.79 Å². The number of carbonyl (C=O) groups is 1. The van der Waals surface area contributed by atoms with Gasteiger partial charge in [0, 0.05) is 0 Å². The van der Waals surface area contributed by atoms with Crippen LogP contribution in [0.5, 0.6) is 0 Å². The quantitative estimate of drug-likeness (QED) is 0.862. The molecule has 2 nitrogen and oxygen atoms in total. The van der Waals surface area contributed by atoms with Gasteiger partial charge in [0.05, 0.1) is 16.0 Å². The Bertz CT molecular complexity index is 597. The van der Waals surface area contributed by atoms with Gasteiger partial charge in [0.15, 0.2) is 0 Å². The second-order valence-electron chi connectivity index (χ2n) is 4.55. The van der Waals surface area contributed by atoms with Crippen molar-refractivity contribution >= 4 is 29.2 Å². The van der Waals surface area contributed by atoms with Gasteiger partial charge < -0.3 is 5.11 Å². The molecule has 0 saturated heterocycles. The van der Waals surface area contributed by atoms with Gasteiger partial charge in [0.2, 0.25) is 0 Å². The summed E-state index contributed by atoms with van der Waals surface area (Å²) in [6.07, 6.45) is 1.06. The molecule has 20 heavy (non-hydrogen) atoms. The third-order valence-corrected chi connectivity index (χ3v) is 4.09. The Labute approximate surface area is 128 Å². The standard InChI is InChI=1S/C16H14Cl2O2/c17-14-8-4-7-12(15(14)18)9-10-13(16(19)20)11-5-2-1-3-6-11/h1-8,13H,9-10H2,(H,19,20). The lowest BCUT2D eigenvalue weighted by molar-refractivity contribution is -0.138. The van der Waals surface area contributed by atoms with Crippen molar-refractivity contribution in [1.29, 1.82) is 0 Å². The summed E-state index contributed by atoms with van der Waals surface area (Å²) in [5.74, 6) is -1.36. The van der Waals surface area contributed by atoms with E-state index >= 15 is 0 Å². The number of carboxylic acids is 1. The molecular formula is C16H14Cl2O2. The Hall–Kier alpha value is -1.51. The molecule has 2 rings (SSSR count). The fourth-order valence-electron chi connectivity index (χ4n) is 2.16. The number of benzene rings is 2. The highest BCUT2D eigenvalue weighted by atomic mass is 35.5. The lowest BCUT2D eigenvalue weighted by Gasteiger charge is -2.13. The molecule has 1 atom stereocenters. The highest BCUT2D eigenvalue weighted by Gasteiger charge is 2.20. The Morgan fingerprint density at radius 2 is 1.75 bits per heavy atom. The van der Waals surface area contributed by atoms with Crippen molar-refractivity contribution in [3.8, 4) is 0 Å². The van der Waals surface area contributed by atoms with E-state index in [0.29, 0.717) is 22.9 Å². The van der Waals surface area contributed by atoms with Gasteiger partial charge in [-0.15, -0.1) is 0 Å². The molecule has 104 valence electrons. The fourth-order valence-corrected chi connectivity index (χ4v) is 2.57. The van der Waals surface area contributed by atoms with Crippen LogP contribution in [-0.2, 0) is 11.2 Å². The van der Waals surface area contributed by atoms with E-state index in [2.05, 4.69) is 0 Å². The maximum atomic E-state index is 11.4. The summed E-state index contributed by atoms with van der Waals surface area (Å²) in [6, 6.07) is 14.6. The van der Waals surface area contributed by atoms with Crippen molar-refractivity contribution in [3.63, 3.8) is 0 Å². The van der Waals surface area contributed by atoms with Gasteiger partial charge in [0.25, 0.3) is 0 Å². The van der Waals surface area contributed by atoms with Crippen molar-refractivity contribution in [2.75, 3.05) is 0 Å². The highest BCUT2D eigenvalue weighted by Crippen LogP contribution is 2.29. The first-order valence-electron chi connectivity index (χ1n) is 6.30. The summed E-state index contributed by atoms with van der Waals surface area (Å²) in [4.78, 5) is 11.4. The van der Waals surface area contributed by atoms with E-state index in [9.17, 15) is 9.90 Å². The molecule has 0 aliphatic heterocycles. The maximum Gasteiger partial charge on any atom is 0.310 e. The summed E-state index contributed by atoms with van der Waals surface area (Å²) >= 11 is 12.1. The molecular weight excluding hydrogens is 295 g/mol. The number of hydrogen-bond acceptors (Lipinski definition) is 1. The van der Waals surface area contributed by atoms with E-state index in [0.717, 1.165) is 11.1 Å². The van der Waals surface area contributed by atoms with Crippen LogP contribution in [0.1, 0.15) is 23.5 Å². The van der Waals surface area contributed by atoms with Crippen molar-refractivity contribution in [2.45, 2.75) is 18.8 Å². The van der Waals surface area contributed by atoms with Crippen molar-refractivity contribution in [3.05, 3.63) is 69.7 Å². The van der Waals surface area contributed by atoms with E-state index < -0.39 is 11.9 Å². The number of aryl methyl sites for hydroxylation is 1. The first kappa shape index (κ1) is 14.9. The zero-order chi connectivity index (χ0) is 14.5. The van der Waals surface area contributed by atoms with Crippen LogP contribution < -0.4 is 0 Å². The zero-order valence-electron chi connectivity index (χ0n) is 10.7. The number of aliphatic carboxylic acids is 1. The molecule has 0 aliphatic rings. The molecule has 0 bridgehead atoms. The smallest absolute Gasteiger partial charge is 0.310 e. The van der Waals surface area contributed by atoms with Crippen LogP contribution in [0, 0.1) is 0 Å². The lowest BCUT2D eigenvalue weighted by atomic mass is 9.92. The van der Waals surface area contributed by atoms with Crippen LogP contribution in [0.2, 0.25) is 10.0 Å². The van der Waals surface area contributed by atoms with E-state index in [1.807, 2.05) is 42.5 Å². The highest BCUT2D eigenvalue weighted by molar-refractivity contribution is 6.42. The summed E-state index contributed by atoms with van der Waals surface area (Å²) in [5.41, 5.74) is 1.68. The molecule has 4 heteroatoms. The normalized spacial score (nSPS) is 12.1. The van der Waals surface area contributed by atoms with Crippen LogP contribution >= 0.6 is 23.2 Å². The number of hydrogen-bond donors (Lipinski definition) is 1. The molecule has 2 aromatic carbocycles. The maximum absolute atomic E-state index is 11.4. The summed E-state index contributed by atoms with van der Waals surface area (Å²) in [7, 11) is 0. The second kappa shape index (κ2) is 6.78. The molecule has 0 amide bonds. The minimum absolute atomic E-state index is 0.486. The molecule has 0 radical (unpaired) electrons. The molecule has 2 aromatic rings. The summed E-state index contributed by atoms with van der Waals surface area (Å²) in [5, 5.41) is 10.4. The molecule has 1 unspecified atom stereocenters. The summed E-state index contributed by atoms with van der Waals surface area (Å²) < 4.78 is 0. The van der Waals surface area contributed by atoms with E-state index in [1.54, 1.807) is 6.07 Å². The van der Waals surface area contributed by atoms with Crippen molar-refractivity contribution in [1.82, 2.24) is 0 Å². The van der Waals surface area contributed by atoms with Gasteiger partial charge in [-0.1, -0.05) is 65.7 Å². The first-order valence-corrected chi connectivity index (χ1v) is 7.06. The number of rotatable bonds is 5. The lowest BCUT2D eigenvalue weighted by Crippen LogP contribution is -2.12.